The number of nitriles is 3. The number of anilines is 1. The Labute approximate surface area is 163 Å². The van der Waals surface area contributed by atoms with E-state index in [2.05, 4.69) is 11.4 Å². The Bertz CT molecular complexity index is 1040. The van der Waals surface area contributed by atoms with Crippen molar-refractivity contribution in [3.63, 3.8) is 0 Å². The second-order valence-corrected chi connectivity index (χ2v) is 7.53. The molecule has 1 amide bonds. The zero-order chi connectivity index (χ0) is 20.1. The molecule has 2 aliphatic heterocycles. The minimum Gasteiger partial charge on any atom is -0.331 e. The van der Waals surface area contributed by atoms with Gasteiger partial charge in [0.2, 0.25) is 11.3 Å². The third kappa shape index (κ3) is 1.83. The molecule has 1 aromatic carbocycles. The molecule has 2 unspecified atom stereocenters. The molecule has 1 fully saturated rings. The van der Waals surface area contributed by atoms with Crippen molar-refractivity contribution < 1.29 is 9.69 Å². The van der Waals surface area contributed by atoms with Crippen LogP contribution in [0.25, 0.3) is 0 Å². The number of nitrogens with one attached hydrogen (secondary N) is 3. The summed E-state index contributed by atoms with van der Waals surface area (Å²) in [6.45, 7) is 4.08. The van der Waals surface area contributed by atoms with Crippen molar-refractivity contribution in [1.29, 1.82) is 21.2 Å². The van der Waals surface area contributed by atoms with Gasteiger partial charge in [0.05, 0.1) is 49.5 Å². The summed E-state index contributed by atoms with van der Waals surface area (Å²) in [4.78, 5) is 14.7. The smallest absolute Gasteiger partial charge is 0.239 e. The van der Waals surface area contributed by atoms with Crippen LogP contribution in [-0.4, -0.2) is 31.3 Å². The summed E-state index contributed by atoms with van der Waals surface area (Å²) in [5.41, 5.74) is -2.05. The van der Waals surface area contributed by atoms with Crippen LogP contribution >= 0.6 is 0 Å². The van der Waals surface area contributed by atoms with Gasteiger partial charge in [0, 0.05) is 5.69 Å². The van der Waals surface area contributed by atoms with Crippen LogP contribution in [0.15, 0.2) is 35.9 Å². The number of carbonyl (C=O) groups is 1. The van der Waals surface area contributed by atoms with E-state index >= 15 is 0 Å². The highest BCUT2D eigenvalue weighted by Gasteiger charge is 2.73. The molecule has 4 atom stereocenters. The summed E-state index contributed by atoms with van der Waals surface area (Å²) in [6, 6.07) is 13.2. The molecule has 1 saturated carbocycles. The van der Waals surface area contributed by atoms with E-state index in [4.69, 9.17) is 5.41 Å². The Morgan fingerprint density at radius 3 is 2.64 bits per heavy atom. The molecule has 1 spiro atoms. The fraction of sp³-hybridized carbons (Fsp3) is 0.381. The maximum absolute atomic E-state index is 13.5. The first kappa shape index (κ1) is 17.9. The van der Waals surface area contributed by atoms with Gasteiger partial charge in [-0.25, -0.2) is 0 Å². The van der Waals surface area contributed by atoms with Gasteiger partial charge < -0.3 is 15.6 Å². The van der Waals surface area contributed by atoms with Crippen LogP contribution in [-0.2, 0) is 10.2 Å². The largest absolute Gasteiger partial charge is 0.331 e. The van der Waals surface area contributed by atoms with Gasteiger partial charge >= 0.3 is 0 Å². The molecule has 2 heterocycles. The summed E-state index contributed by atoms with van der Waals surface area (Å²) in [5, 5.41) is 41.7. The van der Waals surface area contributed by atoms with E-state index in [-0.39, 0.29) is 5.71 Å². The quantitative estimate of drug-likeness (QED) is 0.622. The van der Waals surface area contributed by atoms with Crippen molar-refractivity contribution in [2.24, 2.45) is 17.3 Å². The first-order valence-electron chi connectivity index (χ1n) is 9.27. The van der Waals surface area contributed by atoms with E-state index in [9.17, 15) is 20.6 Å². The standard InChI is InChI=1S/C21H18N6O/c1-2-27-8-7-13-14(9-22)18(25)20(11-23,12-24)21(16(13)10-27)15-5-3-4-6-17(15)26-19(21)28/h3-7,14,16,25H,2,8,10H2,1H3,(H,26,28)/p+1/t14?,16-,21-/m1/s1. The maximum atomic E-state index is 13.5. The first-order chi connectivity index (χ1) is 13.5. The number of hydrogen-bond donors (Lipinski definition) is 3. The predicted octanol–water partition coefficient (Wildman–Crippen LogP) is 0.544. The number of hydrogen-bond acceptors (Lipinski definition) is 5. The molecule has 3 aliphatic rings. The molecule has 3 N–H and O–H groups in total. The summed E-state index contributed by atoms with van der Waals surface area (Å²) >= 11 is 0. The molecular formula is C21H19N6O+. The molecule has 4 rings (SSSR count). The van der Waals surface area contributed by atoms with E-state index < -0.39 is 28.6 Å². The fourth-order valence-corrected chi connectivity index (χ4v) is 5.22. The topological polar surface area (TPSA) is 129 Å². The third-order valence-corrected chi connectivity index (χ3v) is 6.58. The van der Waals surface area contributed by atoms with Crippen LogP contribution in [0.5, 0.6) is 0 Å². The second-order valence-electron chi connectivity index (χ2n) is 7.53. The van der Waals surface area contributed by atoms with Gasteiger partial charge in [-0.1, -0.05) is 18.2 Å². The Hall–Kier alpha value is -3.47. The van der Waals surface area contributed by atoms with Gasteiger partial charge in [0.15, 0.2) is 0 Å². The minimum atomic E-state index is -2.04. The average Bonchev–Trinajstić information content (AvgIpc) is 3.02. The van der Waals surface area contributed by atoms with Crippen LogP contribution in [0.2, 0.25) is 0 Å². The zero-order valence-corrected chi connectivity index (χ0v) is 15.4. The molecule has 28 heavy (non-hydrogen) atoms. The number of quaternary nitrogens is 1. The highest BCUT2D eigenvalue weighted by molar-refractivity contribution is 6.16. The number of rotatable bonds is 1. The van der Waals surface area contributed by atoms with Gasteiger partial charge in [-0.3, -0.25) is 4.79 Å². The van der Waals surface area contributed by atoms with Crippen LogP contribution in [0.3, 0.4) is 0 Å². The van der Waals surface area contributed by atoms with Crippen molar-refractivity contribution >= 4 is 17.3 Å². The van der Waals surface area contributed by atoms with E-state index in [1.807, 2.05) is 25.1 Å². The third-order valence-electron chi connectivity index (χ3n) is 6.58. The Morgan fingerprint density at radius 1 is 1.29 bits per heavy atom. The molecule has 138 valence electrons. The number of fused-ring (bicyclic) bond motifs is 4. The Morgan fingerprint density at radius 2 is 2.00 bits per heavy atom. The summed E-state index contributed by atoms with van der Waals surface area (Å²) in [6.07, 6.45) is 1.93. The number of carbonyl (C=O) groups excluding carboxylic acids is 1. The van der Waals surface area contributed by atoms with Crippen molar-refractivity contribution in [3.8, 4) is 18.2 Å². The fourth-order valence-electron chi connectivity index (χ4n) is 5.22. The van der Waals surface area contributed by atoms with Crippen molar-refractivity contribution in [2.45, 2.75) is 12.3 Å². The van der Waals surface area contributed by atoms with Crippen LogP contribution in [0.1, 0.15) is 12.5 Å². The summed E-state index contributed by atoms with van der Waals surface area (Å²) in [7, 11) is 0. The molecular weight excluding hydrogens is 352 g/mol. The van der Waals surface area contributed by atoms with Gasteiger partial charge in [-0.05, 0) is 30.2 Å². The van der Waals surface area contributed by atoms with E-state index in [1.54, 1.807) is 24.3 Å². The van der Waals surface area contributed by atoms with Crippen LogP contribution in [0.4, 0.5) is 5.69 Å². The number of benzene rings is 1. The minimum absolute atomic E-state index is 0.297. The highest BCUT2D eigenvalue weighted by Crippen LogP contribution is 2.60. The maximum Gasteiger partial charge on any atom is 0.239 e. The first-order valence-corrected chi connectivity index (χ1v) is 9.27. The van der Waals surface area contributed by atoms with E-state index in [0.717, 1.165) is 6.54 Å². The lowest BCUT2D eigenvalue weighted by Crippen LogP contribution is -3.13. The lowest BCUT2D eigenvalue weighted by atomic mass is 9.45. The number of para-hydroxylation sites is 1. The monoisotopic (exact) mass is 371 g/mol. The van der Waals surface area contributed by atoms with E-state index in [1.165, 1.54) is 4.90 Å². The molecule has 7 nitrogen and oxygen atoms in total. The molecule has 0 radical (unpaired) electrons. The van der Waals surface area contributed by atoms with Gasteiger partial charge in [-0.2, -0.15) is 15.8 Å². The van der Waals surface area contributed by atoms with Gasteiger partial charge in [0.25, 0.3) is 0 Å². The van der Waals surface area contributed by atoms with Crippen LogP contribution < -0.4 is 10.2 Å². The molecule has 7 heteroatoms. The molecule has 1 aliphatic carbocycles. The predicted molar refractivity (Wildman–Crippen MR) is 100 cm³/mol. The van der Waals surface area contributed by atoms with Gasteiger partial charge in [-0.15, -0.1) is 0 Å². The SMILES string of the molecule is CC[NH+]1CC=C2C(C#N)C(=N)C(C#N)(C#N)[C@@]3(C(=O)Nc4ccccc43)[C@@H]2C1. The van der Waals surface area contributed by atoms with E-state index in [0.29, 0.717) is 29.9 Å². The summed E-state index contributed by atoms with van der Waals surface area (Å²) < 4.78 is 0. The van der Waals surface area contributed by atoms with Gasteiger partial charge in [0.1, 0.15) is 11.3 Å². The number of nitrogens with zero attached hydrogens (tertiary/aromatic N) is 3. The van der Waals surface area contributed by atoms with Crippen molar-refractivity contribution in [2.75, 3.05) is 25.0 Å². The molecule has 0 bridgehead atoms. The highest BCUT2D eigenvalue weighted by atomic mass is 16.2. The molecule has 0 aromatic heterocycles. The van der Waals surface area contributed by atoms with Crippen LogP contribution in [0, 0.1) is 56.7 Å². The zero-order valence-electron chi connectivity index (χ0n) is 15.4. The van der Waals surface area contributed by atoms with Crippen molar-refractivity contribution in [3.05, 3.63) is 41.5 Å². The Balaban J connectivity index is 2.12. The number of amides is 1. The lowest BCUT2D eigenvalue weighted by Gasteiger charge is -2.51. The average molecular weight is 371 g/mol. The van der Waals surface area contributed by atoms with Crippen molar-refractivity contribution in [1.82, 2.24) is 0 Å². The Kier molecular flexibility index (Phi) is 3.85. The molecule has 0 saturated heterocycles. The summed E-state index contributed by atoms with van der Waals surface area (Å²) in [5.74, 6) is -1.90. The lowest BCUT2D eigenvalue weighted by molar-refractivity contribution is -0.897. The number of likely N-dealkylation sites (N-methyl/N-ethyl adjacent to an activating group) is 1. The second kappa shape index (κ2) is 6.02. The molecule has 1 aromatic rings. The normalized spacial score (nSPS) is 32.2.